The summed E-state index contributed by atoms with van der Waals surface area (Å²) in [7, 11) is 0. The van der Waals surface area contributed by atoms with E-state index >= 15 is 0 Å². The summed E-state index contributed by atoms with van der Waals surface area (Å²) in [5.41, 5.74) is 0. The zero-order valence-electron chi connectivity index (χ0n) is 12.2. The smallest absolute Gasteiger partial charge is 0.00964 e. The van der Waals surface area contributed by atoms with Crippen molar-refractivity contribution in [3.05, 3.63) is 0 Å². The quantitative estimate of drug-likeness (QED) is 0.828. The Morgan fingerprint density at radius 3 is 1.94 bits per heavy atom. The second-order valence-corrected chi connectivity index (χ2v) is 7.32. The zero-order chi connectivity index (χ0) is 12.5. The van der Waals surface area contributed by atoms with Gasteiger partial charge in [0.2, 0.25) is 0 Å². The number of likely N-dealkylation sites (tertiary alicyclic amines) is 1. The van der Waals surface area contributed by atoms with Crippen LogP contribution in [-0.2, 0) is 0 Å². The van der Waals surface area contributed by atoms with Gasteiger partial charge in [-0.2, -0.15) is 0 Å². The van der Waals surface area contributed by atoms with Crippen molar-refractivity contribution in [2.45, 2.75) is 76.9 Å². The third-order valence-corrected chi connectivity index (χ3v) is 5.24. The van der Waals surface area contributed by atoms with Crippen molar-refractivity contribution in [1.82, 2.24) is 10.2 Å². The van der Waals surface area contributed by atoms with E-state index in [1.807, 2.05) is 0 Å². The van der Waals surface area contributed by atoms with Crippen LogP contribution in [0.3, 0.4) is 0 Å². The van der Waals surface area contributed by atoms with Crippen molar-refractivity contribution < 1.29 is 0 Å². The molecular weight excluding hydrogens is 220 g/mol. The van der Waals surface area contributed by atoms with Crippen molar-refractivity contribution in [3.8, 4) is 0 Å². The Bertz CT molecular complexity index is 256. The number of nitrogens with zero attached hydrogens (tertiary/aromatic N) is 1. The van der Waals surface area contributed by atoms with Crippen LogP contribution < -0.4 is 5.32 Å². The highest BCUT2D eigenvalue weighted by molar-refractivity contribution is 4.90. The topological polar surface area (TPSA) is 15.3 Å². The lowest BCUT2D eigenvalue weighted by Crippen LogP contribution is -2.48. The molecule has 0 aromatic carbocycles. The summed E-state index contributed by atoms with van der Waals surface area (Å²) in [6.07, 6.45) is 9.97. The third-order valence-electron chi connectivity index (χ3n) is 5.24. The van der Waals surface area contributed by atoms with Crippen LogP contribution in [0.15, 0.2) is 0 Å². The Labute approximate surface area is 113 Å². The number of piperidine rings is 1. The van der Waals surface area contributed by atoms with Gasteiger partial charge >= 0.3 is 0 Å². The van der Waals surface area contributed by atoms with Gasteiger partial charge in [0.1, 0.15) is 0 Å². The van der Waals surface area contributed by atoms with Crippen LogP contribution >= 0.6 is 0 Å². The van der Waals surface area contributed by atoms with E-state index in [4.69, 9.17) is 0 Å². The van der Waals surface area contributed by atoms with Crippen molar-refractivity contribution in [2.75, 3.05) is 13.1 Å². The molecule has 1 heterocycles. The highest BCUT2D eigenvalue weighted by atomic mass is 15.2. The van der Waals surface area contributed by atoms with E-state index in [-0.39, 0.29) is 0 Å². The van der Waals surface area contributed by atoms with Gasteiger partial charge in [0.15, 0.2) is 0 Å². The summed E-state index contributed by atoms with van der Waals surface area (Å²) in [5, 5.41) is 3.97. The van der Waals surface area contributed by atoms with Gasteiger partial charge in [0.05, 0.1) is 0 Å². The molecule has 3 fully saturated rings. The molecule has 0 radical (unpaired) electrons. The monoisotopic (exact) mass is 250 g/mol. The predicted octanol–water partition coefficient (Wildman–Crippen LogP) is 3.03. The Morgan fingerprint density at radius 1 is 0.778 bits per heavy atom. The minimum atomic E-state index is 0.807. The molecule has 1 N–H and O–H groups in total. The summed E-state index contributed by atoms with van der Waals surface area (Å²) in [6.45, 7) is 7.56. The van der Waals surface area contributed by atoms with Gasteiger partial charge in [-0.25, -0.2) is 0 Å². The van der Waals surface area contributed by atoms with E-state index in [1.165, 1.54) is 58.0 Å². The second-order valence-electron chi connectivity index (χ2n) is 7.32. The maximum Gasteiger partial charge on any atom is 0.00964 e. The number of hydrogen-bond donors (Lipinski definition) is 1. The van der Waals surface area contributed by atoms with E-state index in [2.05, 4.69) is 24.1 Å². The van der Waals surface area contributed by atoms with Gasteiger partial charge in [0, 0.05) is 18.1 Å². The van der Waals surface area contributed by atoms with Gasteiger partial charge in [-0.1, -0.05) is 13.8 Å². The molecule has 1 aliphatic heterocycles. The SMILES string of the molecule is CC1CC(C)CC(NC2CCN(C3CC3)CC2)C1. The van der Waals surface area contributed by atoms with Crippen LogP contribution in [0.1, 0.15) is 58.8 Å². The lowest BCUT2D eigenvalue weighted by Gasteiger charge is -2.38. The van der Waals surface area contributed by atoms with E-state index in [9.17, 15) is 0 Å². The molecule has 2 heteroatoms. The maximum atomic E-state index is 3.97. The lowest BCUT2D eigenvalue weighted by molar-refractivity contribution is 0.161. The van der Waals surface area contributed by atoms with Crippen LogP contribution in [-0.4, -0.2) is 36.1 Å². The fourth-order valence-electron chi connectivity index (χ4n) is 4.29. The molecular formula is C16H30N2. The molecule has 1 saturated heterocycles. The molecule has 0 aromatic heterocycles. The number of rotatable bonds is 3. The normalized spacial score (nSPS) is 40.0. The first kappa shape index (κ1) is 12.9. The molecule has 2 atom stereocenters. The summed E-state index contributed by atoms with van der Waals surface area (Å²) in [5.74, 6) is 1.86. The maximum absolute atomic E-state index is 3.97. The van der Waals surface area contributed by atoms with Gasteiger partial charge in [0.25, 0.3) is 0 Å². The molecule has 3 aliphatic rings. The highest BCUT2D eigenvalue weighted by Gasteiger charge is 2.33. The minimum absolute atomic E-state index is 0.807. The molecule has 2 nitrogen and oxygen atoms in total. The van der Waals surface area contributed by atoms with Crippen LogP contribution in [0.4, 0.5) is 0 Å². The van der Waals surface area contributed by atoms with E-state index in [0.29, 0.717) is 0 Å². The van der Waals surface area contributed by atoms with E-state index < -0.39 is 0 Å². The second kappa shape index (κ2) is 5.50. The van der Waals surface area contributed by atoms with Crippen LogP contribution in [0.5, 0.6) is 0 Å². The van der Waals surface area contributed by atoms with Crippen molar-refractivity contribution in [3.63, 3.8) is 0 Å². The minimum Gasteiger partial charge on any atom is -0.311 e. The average molecular weight is 250 g/mol. The Kier molecular flexibility index (Phi) is 3.95. The van der Waals surface area contributed by atoms with Crippen molar-refractivity contribution in [1.29, 1.82) is 0 Å². The van der Waals surface area contributed by atoms with Crippen LogP contribution in [0, 0.1) is 11.8 Å². The molecule has 18 heavy (non-hydrogen) atoms. The third kappa shape index (κ3) is 3.27. The first-order valence-corrected chi connectivity index (χ1v) is 8.21. The first-order valence-electron chi connectivity index (χ1n) is 8.21. The van der Waals surface area contributed by atoms with Gasteiger partial charge in [-0.15, -0.1) is 0 Å². The zero-order valence-corrected chi connectivity index (χ0v) is 12.2. The molecule has 2 saturated carbocycles. The summed E-state index contributed by atoms with van der Waals surface area (Å²) < 4.78 is 0. The van der Waals surface area contributed by atoms with Gasteiger partial charge in [-0.05, 0) is 69.9 Å². The molecule has 104 valence electrons. The van der Waals surface area contributed by atoms with Crippen molar-refractivity contribution >= 4 is 0 Å². The Hall–Kier alpha value is -0.0800. The van der Waals surface area contributed by atoms with E-state index in [0.717, 1.165) is 30.0 Å². The fraction of sp³-hybridized carbons (Fsp3) is 1.00. The van der Waals surface area contributed by atoms with Crippen molar-refractivity contribution in [2.24, 2.45) is 11.8 Å². The van der Waals surface area contributed by atoms with Gasteiger partial charge in [-0.3, -0.25) is 0 Å². The summed E-state index contributed by atoms with van der Waals surface area (Å²) >= 11 is 0. The standard InChI is InChI=1S/C16H30N2/c1-12-9-13(2)11-15(10-12)17-14-5-7-18(8-6-14)16-3-4-16/h12-17H,3-11H2,1-2H3. The van der Waals surface area contributed by atoms with Gasteiger partial charge < -0.3 is 10.2 Å². The number of nitrogens with one attached hydrogen (secondary N) is 1. The lowest BCUT2D eigenvalue weighted by atomic mass is 9.80. The molecule has 0 amide bonds. The van der Waals surface area contributed by atoms with Crippen LogP contribution in [0.25, 0.3) is 0 Å². The molecule has 0 aromatic rings. The Morgan fingerprint density at radius 2 is 1.39 bits per heavy atom. The van der Waals surface area contributed by atoms with Crippen LogP contribution in [0.2, 0.25) is 0 Å². The molecule has 2 unspecified atom stereocenters. The summed E-state index contributed by atoms with van der Waals surface area (Å²) in [4.78, 5) is 2.73. The Balaban J connectivity index is 1.42. The first-order chi connectivity index (χ1) is 8.70. The molecule has 2 aliphatic carbocycles. The highest BCUT2D eigenvalue weighted by Crippen LogP contribution is 2.31. The largest absolute Gasteiger partial charge is 0.311 e. The molecule has 0 spiro atoms. The fourth-order valence-corrected chi connectivity index (χ4v) is 4.29. The predicted molar refractivity (Wildman–Crippen MR) is 76.7 cm³/mol. The van der Waals surface area contributed by atoms with E-state index in [1.54, 1.807) is 0 Å². The number of hydrogen-bond acceptors (Lipinski definition) is 2. The molecule has 3 rings (SSSR count). The average Bonchev–Trinajstić information content (AvgIpc) is 3.12. The summed E-state index contributed by atoms with van der Waals surface area (Å²) in [6, 6.07) is 2.59. The molecule has 0 bridgehead atoms.